The van der Waals surface area contributed by atoms with Crippen molar-refractivity contribution in [2.75, 3.05) is 6.61 Å². The number of hydrogen-bond donors (Lipinski definition) is 0. The molecule has 0 aliphatic carbocycles. The third kappa shape index (κ3) is 2.75. The van der Waals surface area contributed by atoms with Crippen LogP contribution in [-0.4, -0.2) is 29.5 Å². The number of fused-ring (bicyclic) bond motifs is 1. The topological polar surface area (TPSA) is 29.5 Å². The van der Waals surface area contributed by atoms with E-state index in [0.717, 1.165) is 17.7 Å². The number of amides is 1. The van der Waals surface area contributed by atoms with Gasteiger partial charge < -0.3 is 9.64 Å². The highest BCUT2D eigenvalue weighted by molar-refractivity contribution is 5.85. The van der Waals surface area contributed by atoms with Gasteiger partial charge in [-0.25, -0.2) is 0 Å². The number of para-hydroxylation sites is 1. The lowest BCUT2D eigenvalue weighted by molar-refractivity contribution is -0.137. The average molecular weight is 261 g/mol. The zero-order chi connectivity index (χ0) is 14.0. The van der Waals surface area contributed by atoms with Gasteiger partial charge in [-0.15, -0.1) is 0 Å². The first-order chi connectivity index (χ1) is 9.02. The van der Waals surface area contributed by atoms with Crippen molar-refractivity contribution in [1.29, 1.82) is 0 Å². The van der Waals surface area contributed by atoms with Gasteiger partial charge in [0.1, 0.15) is 5.75 Å². The van der Waals surface area contributed by atoms with E-state index in [1.165, 1.54) is 0 Å². The van der Waals surface area contributed by atoms with E-state index < -0.39 is 0 Å². The molecule has 1 aliphatic heterocycles. The van der Waals surface area contributed by atoms with Crippen LogP contribution < -0.4 is 4.74 Å². The molecule has 104 valence electrons. The summed E-state index contributed by atoms with van der Waals surface area (Å²) in [6, 6.07) is 8.33. The maximum Gasteiger partial charge on any atom is 0.230 e. The van der Waals surface area contributed by atoms with Gasteiger partial charge in [0.15, 0.2) is 0 Å². The monoisotopic (exact) mass is 261 g/mol. The van der Waals surface area contributed by atoms with Gasteiger partial charge in [0, 0.05) is 17.6 Å². The predicted molar refractivity (Wildman–Crippen MR) is 76.4 cm³/mol. The van der Waals surface area contributed by atoms with E-state index in [4.69, 9.17) is 4.74 Å². The third-order valence-electron chi connectivity index (χ3n) is 3.62. The first-order valence-corrected chi connectivity index (χ1v) is 7.06. The van der Waals surface area contributed by atoms with Gasteiger partial charge in [-0.05, 0) is 40.2 Å². The summed E-state index contributed by atoms with van der Waals surface area (Å²) in [7, 11) is 0. The molecule has 1 aliphatic rings. The Morgan fingerprint density at radius 2 is 1.84 bits per heavy atom. The fourth-order valence-corrected chi connectivity index (χ4v) is 2.88. The van der Waals surface area contributed by atoms with Crippen LogP contribution in [0.5, 0.6) is 5.75 Å². The van der Waals surface area contributed by atoms with Crippen LogP contribution in [0.1, 0.15) is 45.6 Å². The first kappa shape index (κ1) is 13.9. The highest BCUT2D eigenvalue weighted by atomic mass is 16.5. The number of carbonyl (C=O) groups excluding carboxylic acids is 1. The Morgan fingerprint density at radius 1 is 1.21 bits per heavy atom. The molecule has 1 amide bonds. The van der Waals surface area contributed by atoms with E-state index >= 15 is 0 Å². The Bertz CT molecular complexity index is 446. The average Bonchev–Trinajstić information content (AvgIpc) is 2.37. The lowest BCUT2D eigenvalue weighted by Gasteiger charge is -2.36. The van der Waals surface area contributed by atoms with Crippen LogP contribution in [0.4, 0.5) is 0 Å². The Labute approximate surface area is 115 Å². The van der Waals surface area contributed by atoms with Gasteiger partial charge >= 0.3 is 0 Å². The standard InChI is InChI=1S/C16H23NO2/c1-11(2)17(12(3)4)16(18)14-9-10-19-15-8-6-5-7-13(14)15/h5-8,11-12,14H,9-10H2,1-4H3. The Morgan fingerprint density at radius 3 is 2.47 bits per heavy atom. The predicted octanol–water partition coefficient (Wildman–Crippen LogP) is 3.20. The number of hydrogen-bond acceptors (Lipinski definition) is 2. The van der Waals surface area contributed by atoms with Crippen molar-refractivity contribution in [3.63, 3.8) is 0 Å². The molecule has 0 bridgehead atoms. The van der Waals surface area contributed by atoms with Gasteiger partial charge in [0.25, 0.3) is 0 Å². The number of carbonyl (C=O) groups is 1. The van der Waals surface area contributed by atoms with E-state index in [2.05, 4.69) is 27.7 Å². The molecule has 1 atom stereocenters. The Kier molecular flexibility index (Phi) is 4.13. The molecular formula is C16H23NO2. The molecule has 3 nitrogen and oxygen atoms in total. The highest BCUT2D eigenvalue weighted by Gasteiger charge is 2.32. The lowest BCUT2D eigenvalue weighted by Crippen LogP contribution is -2.45. The minimum atomic E-state index is -0.0604. The van der Waals surface area contributed by atoms with Crippen LogP contribution in [0.3, 0.4) is 0 Å². The van der Waals surface area contributed by atoms with Gasteiger partial charge in [0.2, 0.25) is 5.91 Å². The zero-order valence-corrected chi connectivity index (χ0v) is 12.2. The summed E-state index contributed by atoms with van der Waals surface area (Å²) < 4.78 is 5.63. The largest absolute Gasteiger partial charge is 0.493 e. The summed E-state index contributed by atoms with van der Waals surface area (Å²) >= 11 is 0. The second-order valence-corrected chi connectivity index (χ2v) is 5.66. The van der Waals surface area contributed by atoms with E-state index in [9.17, 15) is 4.79 Å². The number of benzene rings is 1. The van der Waals surface area contributed by atoms with Crippen molar-refractivity contribution in [2.45, 2.75) is 52.1 Å². The van der Waals surface area contributed by atoms with Gasteiger partial charge in [-0.2, -0.15) is 0 Å². The van der Waals surface area contributed by atoms with Crippen molar-refractivity contribution in [1.82, 2.24) is 4.90 Å². The van der Waals surface area contributed by atoms with Crippen LogP contribution in [-0.2, 0) is 4.79 Å². The Hall–Kier alpha value is -1.51. The van der Waals surface area contributed by atoms with Crippen LogP contribution >= 0.6 is 0 Å². The molecule has 0 saturated carbocycles. The SMILES string of the molecule is CC(C)N(C(=O)C1CCOc2ccccc21)C(C)C. The van der Waals surface area contributed by atoms with Crippen molar-refractivity contribution < 1.29 is 9.53 Å². The fraction of sp³-hybridized carbons (Fsp3) is 0.562. The maximum atomic E-state index is 12.8. The summed E-state index contributed by atoms with van der Waals surface area (Å²) in [5.74, 6) is 1.02. The van der Waals surface area contributed by atoms with Gasteiger partial charge in [0.05, 0.1) is 12.5 Å². The second-order valence-electron chi connectivity index (χ2n) is 5.66. The fourth-order valence-electron chi connectivity index (χ4n) is 2.88. The van der Waals surface area contributed by atoms with Crippen LogP contribution in [0.25, 0.3) is 0 Å². The number of ether oxygens (including phenoxy) is 1. The molecule has 0 radical (unpaired) electrons. The summed E-state index contributed by atoms with van der Waals surface area (Å²) in [5, 5.41) is 0. The lowest BCUT2D eigenvalue weighted by atomic mass is 9.91. The molecule has 0 aromatic heterocycles. The van der Waals surface area contributed by atoms with Crippen molar-refractivity contribution in [3.8, 4) is 5.75 Å². The van der Waals surface area contributed by atoms with Crippen LogP contribution in [0, 0.1) is 0 Å². The Balaban J connectivity index is 2.30. The van der Waals surface area contributed by atoms with Crippen molar-refractivity contribution in [3.05, 3.63) is 29.8 Å². The molecule has 0 spiro atoms. The summed E-state index contributed by atoms with van der Waals surface area (Å²) in [6.45, 7) is 8.91. The van der Waals surface area contributed by atoms with Crippen LogP contribution in [0.2, 0.25) is 0 Å². The highest BCUT2D eigenvalue weighted by Crippen LogP contribution is 2.35. The van der Waals surface area contributed by atoms with Crippen molar-refractivity contribution in [2.24, 2.45) is 0 Å². The van der Waals surface area contributed by atoms with Crippen LogP contribution in [0.15, 0.2) is 24.3 Å². The smallest absolute Gasteiger partial charge is 0.230 e. The molecule has 1 unspecified atom stereocenters. The summed E-state index contributed by atoms with van der Waals surface area (Å²) in [4.78, 5) is 14.8. The zero-order valence-electron chi connectivity index (χ0n) is 12.2. The first-order valence-electron chi connectivity index (χ1n) is 7.06. The number of nitrogens with zero attached hydrogens (tertiary/aromatic N) is 1. The molecule has 3 heteroatoms. The molecule has 0 N–H and O–H groups in total. The second kappa shape index (κ2) is 5.64. The molecule has 0 saturated heterocycles. The quantitative estimate of drug-likeness (QED) is 0.836. The molecule has 19 heavy (non-hydrogen) atoms. The van der Waals surface area contributed by atoms with Gasteiger partial charge in [-0.1, -0.05) is 18.2 Å². The van der Waals surface area contributed by atoms with E-state index in [1.807, 2.05) is 29.2 Å². The molecule has 2 rings (SSSR count). The molecule has 1 heterocycles. The normalized spacial score (nSPS) is 18.1. The third-order valence-corrected chi connectivity index (χ3v) is 3.62. The van der Waals surface area contributed by atoms with E-state index in [-0.39, 0.29) is 23.9 Å². The number of rotatable bonds is 3. The molecule has 1 aromatic carbocycles. The maximum absolute atomic E-state index is 12.8. The molecule has 1 aromatic rings. The molecule has 0 fully saturated rings. The minimum Gasteiger partial charge on any atom is -0.493 e. The summed E-state index contributed by atoms with van der Waals surface area (Å²) in [6.07, 6.45) is 0.770. The molecular weight excluding hydrogens is 238 g/mol. The van der Waals surface area contributed by atoms with E-state index in [0.29, 0.717) is 6.61 Å². The van der Waals surface area contributed by atoms with Crippen molar-refractivity contribution >= 4 is 5.91 Å². The van der Waals surface area contributed by atoms with Gasteiger partial charge in [-0.3, -0.25) is 4.79 Å². The summed E-state index contributed by atoms with van der Waals surface area (Å²) in [5.41, 5.74) is 1.03. The minimum absolute atomic E-state index is 0.0604. The van der Waals surface area contributed by atoms with E-state index in [1.54, 1.807) is 0 Å².